The lowest BCUT2D eigenvalue weighted by molar-refractivity contribution is 0.0290. The van der Waals surface area contributed by atoms with Crippen LogP contribution in [0, 0.1) is 5.92 Å². The second-order valence-electron chi connectivity index (χ2n) is 5.89. The molecule has 3 rings (SSSR count). The quantitative estimate of drug-likeness (QED) is 0.895. The van der Waals surface area contributed by atoms with Crippen LogP contribution in [-0.4, -0.2) is 11.2 Å². The molecule has 0 radical (unpaired) electrons. The molecule has 0 unspecified atom stereocenters. The molecular formula is C19H23NO. The zero-order valence-electron chi connectivity index (χ0n) is 12.4. The van der Waals surface area contributed by atoms with Crippen LogP contribution in [-0.2, 0) is 0 Å². The molecule has 2 aromatic rings. The number of nitrogens with one attached hydrogen (secondary N) is 1. The highest BCUT2D eigenvalue weighted by Crippen LogP contribution is 2.38. The number of benzene rings is 2. The Morgan fingerprint density at radius 1 is 0.952 bits per heavy atom. The second kappa shape index (κ2) is 6.42. The van der Waals surface area contributed by atoms with Gasteiger partial charge in [-0.2, -0.15) is 0 Å². The van der Waals surface area contributed by atoms with Crippen molar-refractivity contribution in [3.05, 3.63) is 71.8 Å². The minimum atomic E-state index is -0.258. The number of rotatable bonds is 3. The zero-order chi connectivity index (χ0) is 14.7. The Morgan fingerprint density at radius 3 is 2.10 bits per heavy atom. The molecule has 0 bridgehead atoms. The molecule has 4 atom stereocenters. The first kappa shape index (κ1) is 14.3. The number of aliphatic hydroxyl groups is 1. The Morgan fingerprint density at radius 2 is 1.52 bits per heavy atom. The predicted molar refractivity (Wildman–Crippen MR) is 85.9 cm³/mol. The van der Waals surface area contributed by atoms with E-state index >= 15 is 0 Å². The average molecular weight is 281 g/mol. The van der Waals surface area contributed by atoms with Gasteiger partial charge in [-0.05, 0) is 24.0 Å². The lowest BCUT2D eigenvalue weighted by Gasteiger charge is -2.41. The summed E-state index contributed by atoms with van der Waals surface area (Å²) in [7, 11) is 0. The molecular weight excluding hydrogens is 258 g/mol. The normalized spacial score (nSPS) is 29.2. The number of piperidine rings is 1. The molecule has 1 saturated heterocycles. The van der Waals surface area contributed by atoms with E-state index in [0.717, 1.165) is 12.8 Å². The molecule has 110 valence electrons. The van der Waals surface area contributed by atoms with Crippen LogP contribution >= 0.6 is 0 Å². The van der Waals surface area contributed by atoms with Gasteiger partial charge in [0.2, 0.25) is 0 Å². The van der Waals surface area contributed by atoms with Crippen LogP contribution in [0.4, 0.5) is 0 Å². The molecule has 1 heterocycles. The van der Waals surface area contributed by atoms with Gasteiger partial charge < -0.3 is 10.4 Å². The third kappa shape index (κ3) is 3.02. The van der Waals surface area contributed by atoms with Crippen molar-refractivity contribution >= 4 is 0 Å². The van der Waals surface area contributed by atoms with E-state index in [9.17, 15) is 5.11 Å². The van der Waals surface area contributed by atoms with Crippen molar-refractivity contribution in [2.24, 2.45) is 5.92 Å². The van der Waals surface area contributed by atoms with Gasteiger partial charge in [-0.1, -0.05) is 67.6 Å². The van der Waals surface area contributed by atoms with Crippen molar-refractivity contribution < 1.29 is 5.11 Å². The minimum absolute atomic E-state index is 0.213. The van der Waals surface area contributed by atoms with Crippen LogP contribution in [0.15, 0.2) is 60.7 Å². The summed E-state index contributed by atoms with van der Waals surface area (Å²) in [6, 6.07) is 21.4. The van der Waals surface area contributed by atoms with Crippen molar-refractivity contribution in [2.45, 2.75) is 38.0 Å². The average Bonchev–Trinajstić information content (AvgIpc) is 2.55. The van der Waals surface area contributed by atoms with Gasteiger partial charge in [-0.15, -0.1) is 0 Å². The van der Waals surface area contributed by atoms with Gasteiger partial charge in [0.15, 0.2) is 0 Å². The maximum absolute atomic E-state index is 10.6. The monoisotopic (exact) mass is 281 g/mol. The summed E-state index contributed by atoms with van der Waals surface area (Å²) in [5.41, 5.74) is 2.52. The topological polar surface area (TPSA) is 32.3 Å². The molecule has 1 aliphatic heterocycles. The summed E-state index contributed by atoms with van der Waals surface area (Å²) >= 11 is 0. The summed E-state index contributed by atoms with van der Waals surface area (Å²) in [6.07, 6.45) is 1.51. The number of hydrogen-bond acceptors (Lipinski definition) is 2. The van der Waals surface area contributed by atoms with E-state index in [1.807, 2.05) is 12.1 Å². The van der Waals surface area contributed by atoms with Crippen molar-refractivity contribution in [3.63, 3.8) is 0 Å². The molecule has 0 amide bonds. The smallest absolute Gasteiger partial charge is 0.0604 e. The van der Waals surface area contributed by atoms with E-state index in [2.05, 4.69) is 60.8 Å². The van der Waals surface area contributed by atoms with Gasteiger partial charge in [0.05, 0.1) is 6.10 Å². The molecule has 2 aromatic carbocycles. The first-order chi connectivity index (χ1) is 10.3. The Hall–Kier alpha value is -1.64. The van der Waals surface area contributed by atoms with Crippen molar-refractivity contribution in [3.8, 4) is 0 Å². The summed E-state index contributed by atoms with van der Waals surface area (Å²) < 4.78 is 0. The first-order valence-corrected chi connectivity index (χ1v) is 7.83. The number of aliphatic hydroxyl groups excluding tert-OH is 1. The molecule has 0 aromatic heterocycles. The summed E-state index contributed by atoms with van der Waals surface area (Å²) in [4.78, 5) is 0. The zero-order valence-corrected chi connectivity index (χ0v) is 12.4. The largest absolute Gasteiger partial charge is 0.393 e. The van der Waals surface area contributed by atoms with E-state index in [0.29, 0.717) is 0 Å². The predicted octanol–water partition coefficient (Wildman–Crippen LogP) is 3.85. The molecule has 1 fully saturated rings. The van der Waals surface area contributed by atoms with Crippen molar-refractivity contribution in [1.82, 2.24) is 5.32 Å². The number of hydrogen-bond donors (Lipinski definition) is 2. The van der Waals surface area contributed by atoms with E-state index in [1.165, 1.54) is 11.1 Å². The van der Waals surface area contributed by atoms with Gasteiger partial charge >= 0.3 is 0 Å². The van der Waals surface area contributed by atoms with Crippen LogP contribution in [0.2, 0.25) is 0 Å². The van der Waals surface area contributed by atoms with Gasteiger partial charge in [0, 0.05) is 18.0 Å². The Balaban J connectivity index is 1.89. The fourth-order valence-electron chi connectivity index (χ4n) is 3.48. The fraction of sp³-hybridized carbons (Fsp3) is 0.368. The van der Waals surface area contributed by atoms with Crippen LogP contribution in [0.5, 0.6) is 0 Å². The molecule has 2 N–H and O–H groups in total. The van der Waals surface area contributed by atoms with Crippen LogP contribution in [0.25, 0.3) is 0 Å². The highest BCUT2D eigenvalue weighted by molar-refractivity contribution is 5.25. The third-order valence-corrected chi connectivity index (χ3v) is 4.61. The Labute approximate surface area is 126 Å². The molecule has 0 saturated carbocycles. The van der Waals surface area contributed by atoms with Crippen LogP contribution < -0.4 is 5.32 Å². The van der Waals surface area contributed by atoms with Gasteiger partial charge in [-0.25, -0.2) is 0 Å². The fourth-order valence-corrected chi connectivity index (χ4v) is 3.48. The Bertz CT molecular complexity index is 554. The van der Waals surface area contributed by atoms with E-state index in [1.54, 1.807) is 0 Å². The first-order valence-electron chi connectivity index (χ1n) is 7.83. The van der Waals surface area contributed by atoms with Crippen molar-refractivity contribution in [2.75, 3.05) is 0 Å². The van der Waals surface area contributed by atoms with E-state index < -0.39 is 0 Å². The van der Waals surface area contributed by atoms with E-state index in [4.69, 9.17) is 0 Å². The molecule has 2 nitrogen and oxygen atoms in total. The lowest BCUT2D eigenvalue weighted by atomic mass is 9.78. The molecule has 2 heteroatoms. The van der Waals surface area contributed by atoms with Gasteiger partial charge in [0.1, 0.15) is 0 Å². The highest BCUT2D eigenvalue weighted by atomic mass is 16.3. The second-order valence-corrected chi connectivity index (χ2v) is 5.89. The lowest BCUT2D eigenvalue weighted by Crippen LogP contribution is -2.44. The Kier molecular flexibility index (Phi) is 4.37. The SMILES string of the molecule is CC[C@H]1[C@H](O)C[C@H](c2ccccc2)N[C@@H]1c1ccccc1. The molecule has 1 aliphatic rings. The third-order valence-electron chi connectivity index (χ3n) is 4.61. The van der Waals surface area contributed by atoms with E-state index in [-0.39, 0.29) is 24.1 Å². The van der Waals surface area contributed by atoms with Gasteiger partial charge in [0.25, 0.3) is 0 Å². The van der Waals surface area contributed by atoms with Crippen molar-refractivity contribution in [1.29, 1.82) is 0 Å². The molecule has 0 aliphatic carbocycles. The minimum Gasteiger partial charge on any atom is -0.393 e. The molecule has 0 spiro atoms. The van der Waals surface area contributed by atoms with Gasteiger partial charge in [-0.3, -0.25) is 0 Å². The molecule has 21 heavy (non-hydrogen) atoms. The van der Waals surface area contributed by atoms with Crippen LogP contribution in [0.1, 0.15) is 43.0 Å². The summed E-state index contributed by atoms with van der Waals surface area (Å²) in [5.74, 6) is 0.271. The summed E-state index contributed by atoms with van der Waals surface area (Å²) in [6.45, 7) is 2.16. The summed E-state index contributed by atoms with van der Waals surface area (Å²) in [5, 5.41) is 14.3. The highest BCUT2D eigenvalue weighted by Gasteiger charge is 2.36. The standard InChI is InChI=1S/C19H23NO/c1-2-16-18(21)13-17(14-9-5-3-6-10-14)20-19(16)15-11-7-4-8-12-15/h3-12,16-21H,2,13H2,1H3/t16-,17+,18+,19+/m0/s1. The maximum Gasteiger partial charge on any atom is 0.0604 e. The van der Waals surface area contributed by atoms with Crippen LogP contribution in [0.3, 0.4) is 0 Å². The maximum atomic E-state index is 10.6.